The smallest absolute Gasteiger partial charge is 0.440 e. The van der Waals surface area contributed by atoms with Crippen LogP contribution in [0.25, 0.3) is 0 Å². The minimum absolute atomic E-state index is 0.375. The third kappa shape index (κ3) is 2.89. The first-order valence-corrected chi connectivity index (χ1v) is 7.35. The summed E-state index contributed by atoms with van der Waals surface area (Å²) in [7, 11) is 0. The average molecular weight is 367 g/mol. The molecule has 1 aromatic heterocycles. The van der Waals surface area contributed by atoms with Crippen molar-refractivity contribution in [1.29, 1.82) is 0 Å². The molecule has 1 fully saturated rings. The zero-order valence-corrected chi connectivity index (χ0v) is 13.0. The molecule has 0 radical (unpaired) electrons. The summed E-state index contributed by atoms with van der Waals surface area (Å²) < 4.78 is 45.7. The Balaban J connectivity index is 1.91. The predicted molar refractivity (Wildman–Crippen MR) is 80.5 cm³/mol. The van der Waals surface area contributed by atoms with Crippen molar-refractivity contribution < 1.29 is 32.0 Å². The lowest BCUT2D eigenvalue weighted by Crippen LogP contribution is -2.69. The molecule has 1 aliphatic heterocycles. The molecule has 1 aliphatic rings. The van der Waals surface area contributed by atoms with Crippen molar-refractivity contribution in [2.45, 2.75) is 18.4 Å². The van der Waals surface area contributed by atoms with Gasteiger partial charge in [0.05, 0.1) is 12.8 Å². The average Bonchev–Trinajstić information content (AvgIpc) is 3.19. The van der Waals surface area contributed by atoms with Crippen LogP contribution >= 0.6 is 0 Å². The largest absolute Gasteiger partial charge is 0.459 e. The molecule has 1 saturated heterocycles. The van der Waals surface area contributed by atoms with Gasteiger partial charge in [0.25, 0.3) is 17.5 Å². The minimum Gasteiger partial charge on any atom is -0.459 e. The Morgan fingerprint density at radius 2 is 1.85 bits per heavy atom. The highest BCUT2D eigenvalue weighted by molar-refractivity contribution is 6.09. The Hall–Kier alpha value is -3.30. The van der Waals surface area contributed by atoms with E-state index in [2.05, 4.69) is 0 Å². The Morgan fingerprint density at radius 1 is 1.15 bits per heavy atom. The molecule has 10 heteroatoms. The number of hydrogen-bond acceptors (Lipinski definition) is 4. The number of nitrogens with zero attached hydrogens (tertiary/aromatic N) is 1. The van der Waals surface area contributed by atoms with Crippen LogP contribution in [0.15, 0.2) is 53.1 Å². The highest BCUT2D eigenvalue weighted by atomic mass is 19.4. The number of benzene rings is 1. The van der Waals surface area contributed by atoms with Crippen molar-refractivity contribution in [3.8, 4) is 0 Å². The van der Waals surface area contributed by atoms with E-state index in [1.54, 1.807) is 41.0 Å². The zero-order chi connectivity index (χ0) is 18.9. The van der Waals surface area contributed by atoms with Gasteiger partial charge < -0.3 is 9.73 Å². The van der Waals surface area contributed by atoms with Crippen molar-refractivity contribution in [2.24, 2.45) is 0 Å². The van der Waals surface area contributed by atoms with Gasteiger partial charge in [0.2, 0.25) is 0 Å². The second kappa shape index (κ2) is 6.21. The van der Waals surface area contributed by atoms with E-state index in [1.165, 1.54) is 6.07 Å². The Kier molecular flexibility index (Phi) is 4.18. The SMILES string of the molecule is O=C(N[C@]1(C(F)(F)F)NC(=O)N(Cc2ccccc2)C1=O)c1ccco1. The molecule has 0 bridgehead atoms. The van der Waals surface area contributed by atoms with Crippen LogP contribution in [0, 0.1) is 0 Å². The summed E-state index contributed by atoms with van der Waals surface area (Å²) in [6, 6.07) is 9.17. The molecule has 26 heavy (non-hydrogen) atoms. The molecule has 4 amide bonds. The summed E-state index contributed by atoms with van der Waals surface area (Å²) in [4.78, 5) is 36.9. The van der Waals surface area contributed by atoms with Crippen LogP contribution in [0.1, 0.15) is 16.1 Å². The van der Waals surface area contributed by atoms with Gasteiger partial charge in [-0.05, 0) is 17.7 Å². The molecule has 1 atom stereocenters. The molecule has 136 valence electrons. The maximum Gasteiger partial charge on any atom is 0.440 e. The number of rotatable bonds is 4. The van der Waals surface area contributed by atoms with E-state index in [1.807, 2.05) is 0 Å². The number of nitrogens with one attached hydrogen (secondary N) is 2. The van der Waals surface area contributed by atoms with Gasteiger partial charge in [-0.3, -0.25) is 19.8 Å². The summed E-state index contributed by atoms with van der Waals surface area (Å²) in [5, 5.41) is 3.11. The molecule has 2 aromatic rings. The van der Waals surface area contributed by atoms with Gasteiger partial charge in [-0.15, -0.1) is 0 Å². The fraction of sp³-hybridized carbons (Fsp3) is 0.188. The number of amides is 4. The van der Waals surface area contributed by atoms with Crippen molar-refractivity contribution in [2.75, 3.05) is 0 Å². The fourth-order valence-electron chi connectivity index (χ4n) is 2.47. The van der Waals surface area contributed by atoms with Crippen molar-refractivity contribution in [1.82, 2.24) is 15.5 Å². The molecule has 1 aromatic carbocycles. The highest BCUT2D eigenvalue weighted by Crippen LogP contribution is 2.34. The van der Waals surface area contributed by atoms with Gasteiger partial charge in [-0.25, -0.2) is 4.79 Å². The quantitative estimate of drug-likeness (QED) is 0.809. The van der Waals surface area contributed by atoms with E-state index in [4.69, 9.17) is 4.42 Å². The van der Waals surface area contributed by atoms with Crippen LogP contribution in [0.4, 0.5) is 18.0 Å². The standard InChI is InChI=1S/C16H12F3N3O4/c17-16(18,19)15(20-12(23)11-7-4-8-26-11)13(24)22(14(25)21-15)9-10-5-2-1-3-6-10/h1-8H,9H2,(H,20,23)(H,21,25)/t15-/m0/s1. The minimum atomic E-state index is -5.27. The molecule has 0 saturated carbocycles. The van der Waals surface area contributed by atoms with Crippen LogP contribution in [0.5, 0.6) is 0 Å². The summed E-state index contributed by atoms with van der Waals surface area (Å²) in [5.41, 5.74) is -3.12. The van der Waals surface area contributed by atoms with Crippen molar-refractivity contribution >= 4 is 17.8 Å². The number of imide groups is 1. The van der Waals surface area contributed by atoms with E-state index < -0.39 is 35.4 Å². The molecule has 2 N–H and O–H groups in total. The van der Waals surface area contributed by atoms with Crippen molar-refractivity contribution in [3.63, 3.8) is 0 Å². The number of hydrogen-bond donors (Lipinski definition) is 2. The number of halogens is 3. The second-order valence-electron chi connectivity index (χ2n) is 5.49. The lowest BCUT2D eigenvalue weighted by Gasteiger charge is -2.29. The first-order valence-electron chi connectivity index (χ1n) is 7.35. The molecule has 2 heterocycles. The Bertz CT molecular complexity index is 836. The highest BCUT2D eigenvalue weighted by Gasteiger charge is 2.68. The summed E-state index contributed by atoms with van der Waals surface area (Å²) in [6.45, 7) is -0.375. The van der Waals surface area contributed by atoms with Crippen LogP contribution in [0.3, 0.4) is 0 Å². The molecule has 7 nitrogen and oxygen atoms in total. The van der Waals surface area contributed by atoms with Gasteiger partial charge in [-0.2, -0.15) is 13.2 Å². The summed E-state index contributed by atoms with van der Waals surface area (Å²) >= 11 is 0. The van der Waals surface area contributed by atoms with Crippen molar-refractivity contribution in [3.05, 3.63) is 60.1 Å². The van der Waals surface area contributed by atoms with Crippen LogP contribution in [-0.2, 0) is 11.3 Å². The molecular weight excluding hydrogens is 355 g/mol. The molecule has 0 unspecified atom stereocenters. The normalized spacial score (nSPS) is 20.2. The lowest BCUT2D eigenvalue weighted by molar-refractivity contribution is -0.200. The topological polar surface area (TPSA) is 91.7 Å². The van der Waals surface area contributed by atoms with E-state index in [0.29, 0.717) is 10.5 Å². The number of urea groups is 1. The third-order valence-electron chi connectivity index (χ3n) is 3.76. The van der Waals surface area contributed by atoms with Gasteiger partial charge in [0.15, 0.2) is 5.76 Å². The monoisotopic (exact) mass is 367 g/mol. The zero-order valence-electron chi connectivity index (χ0n) is 13.0. The van der Waals surface area contributed by atoms with E-state index in [-0.39, 0.29) is 6.54 Å². The number of carbonyl (C=O) groups excluding carboxylic acids is 3. The van der Waals surface area contributed by atoms with E-state index in [0.717, 1.165) is 12.3 Å². The number of carbonyl (C=O) groups is 3. The maximum atomic E-state index is 13.6. The fourth-order valence-corrected chi connectivity index (χ4v) is 2.47. The predicted octanol–water partition coefficient (Wildman–Crippen LogP) is 2.02. The Morgan fingerprint density at radius 3 is 2.42 bits per heavy atom. The number of alkyl halides is 3. The van der Waals surface area contributed by atoms with Crippen LogP contribution < -0.4 is 10.6 Å². The maximum absolute atomic E-state index is 13.6. The van der Waals surface area contributed by atoms with E-state index >= 15 is 0 Å². The molecule has 0 spiro atoms. The van der Waals surface area contributed by atoms with E-state index in [9.17, 15) is 27.6 Å². The van der Waals surface area contributed by atoms with Gasteiger partial charge in [0.1, 0.15) is 0 Å². The van der Waals surface area contributed by atoms with Gasteiger partial charge in [0, 0.05) is 0 Å². The summed E-state index contributed by atoms with van der Waals surface area (Å²) in [6.07, 6.45) is -4.18. The molecular formula is C16H12F3N3O4. The Labute approximate surface area is 144 Å². The van der Waals surface area contributed by atoms with Crippen LogP contribution in [0.2, 0.25) is 0 Å². The first kappa shape index (κ1) is 17.5. The van der Waals surface area contributed by atoms with Gasteiger partial charge >= 0.3 is 12.2 Å². The third-order valence-corrected chi connectivity index (χ3v) is 3.76. The lowest BCUT2D eigenvalue weighted by atomic mass is 10.1. The summed E-state index contributed by atoms with van der Waals surface area (Å²) in [5.74, 6) is -3.35. The first-order chi connectivity index (χ1) is 12.2. The number of furan rings is 1. The molecule has 3 rings (SSSR count). The molecule has 0 aliphatic carbocycles. The van der Waals surface area contributed by atoms with Gasteiger partial charge in [-0.1, -0.05) is 30.3 Å². The second-order valence-corrected chi connectivity index (χ2v) is 5.49. The van der Waals surface area contributed by atoms with Crippen LogP contribution in [-0.4, -0.2) is 34.6 Å².